The summed E-state index contributed by atoms with van der Waals surface area (Å²) in [6.45, 7) is 0. The third-order valence-electron chi connectivity index (χ3n) is 5.46. The number of halogens is 1. The number of hydrogen-bond donors (Lipinski definition) is 3. The minimum absolute atomic E-state index is 0.0357. The fourth-order valence-electron chi connectivity index (χ4n) is 3.84. The summed E-state index contributed by atoms with van der Waals surface area (Å²) < 4.78 is 41.4. The van der Waals surface area contributed by atoms with E-state index in [-0.39, 0.29) is 22.6 Å². The van der Waals surface area contributed by atoms with Crippen molar-refractivity contribution in [3.8, 4) is 0 Å². The van der Waals surface area contributed by atoms with Crippen molar-refractivity contribution in [3.05, 3.63) is 95.3 Å². The van der Waals surface area contributed by atoms with Crippen LogP contribution >= 0.6 is 0 Å². The van der Waals surface area contributed by atoms with E-state index >= 15 is 0 Å². The van der Waals surface area contributed by atoms with Gasteiger partial charge in [-0.1, -0.05) is 42.5 Å². The lowest BCUT2D eigenvalue weighted by Crippen LogP contribution is -2.50. The number of fused-ring (bicyclic) bond motifs is 1. The van der Waals surface area contributed by atoms with Gasteiger partial charge in [0, 0.05) is 5.56 Å². The van der Waals surface area contributed by atoms with Crippen LogP contribution in [0.1, 0.15) is 27.9 Å². The SMILES string of the molecule is O=C(NC1(C(=O)O)CCc2ccccc21)c1cccc(S(=O)(=O)Nc2ccccc2F)c1. The number of aryl methyl sites for hydroxylation is 1. The van der Waals surface area contributed by atoms with Gasteiger partial charge in [0.1, 0.15) is 5.82 Å². The Balaban J connectivity index is 1.63. The molecule has 3 aromatic rings. The van der Waals surface area contributed by atoms with Gasteiger partial charge in [0.2, 0.25) is 0 Å². The second-order valence-electron chi connectivity index (χ2n) is 7.43. The van der Waals surface area contributed by atoms with Gasteiger partial charge < -0.3 is 10.4 Å². The summed E-state index contributed by atoms with van der Waals surface area (Å²) in [7, 11) is -4.19. The molecule has 32 heavy (non-hydrogen) atoms. The highest BCUT2D eigenvalue weighted by atomic mass is 32.2. The number of amides is 1. The summed E-state index contributed by atoms with van der Waals surface area (Å²) in [6.07, 6.45) is 0.671. The molecule has 3 N–H and O–H groups in total. The molecular formula is C23H19FN2O5S. The van der Waals surface area contributed by atoms with Crippen molar-refractivity contribution >= 4 is 27.6 Å². The van der Waals surface area contributed by atoms with E-state index in [0.717, 1.165) is 17.7 Å². The average molecular weight is 454 g/mol. The van der Waals surface area contributed by atoms with Gasteiger partial charge in [-0.3, -0.25) is 9.52 Å². The molecule has 3 aromatic carbocycles. The maximum absolute atomic E-state index is 13.9. The zero-order valence-electron chi connectivity index (χ0n) is 16.7. The van der Waals surface area contributed by atoms with Crippen molar-refractivity contribution in [2.75, 3.05) is 4.72 Å². The van der Waals surface area contributed by atoms with Crippen LogP contribution in [0.4, 0.5) is 10.1 Å². The molecule has 9 heteroatoms. The molecule has 0 saturated heterocycles. The second kappa shape index (κ2) is 8.08. The Bertz CT molecular complexity index is 1330. The molecule has 7 nitrogen and oxygen atoms in total. The van der Waals surface area contributed by atoms with Crippen LogP contribution < -0.4 is 10.0 Å². The molecule has 0 fully saturated rings. The van der Waals surface area contributed by atoms with Crippen molar-refractivity contribution in [2.45, 2.75) is 23.3 Å². The first kappa shape index (κ1) is 21.5. The first-order valence-corrected chi connectivity index (χ1v) is 11.2. The predicted molar refractivity (Wildman–Crippen MR) is 115 cm³/mol. The molecule has 1 atom stereocenters. The molecule has 0 radical (unpaired) electrons. The van der Waals surface area contributed by atoms with E-state index in [1.54, 1.807) is 18.2 Å². The average Bonchev–Trinajstić information content (AvgIpc) is 3.15. The fraction of sp³-hybridized carbons (Fsp3) is 0.130. The molecule has 1 aliphatic rings. The van der Waals surface area contributed by atoms with Crippen LogP contribution in [0.2, 0.25) is 0 Å². The van der Waals surface area contributed by atoms with Crippen LogP contribution in [0.25, 0.3) is 0 Å². The van der Waals surface area contributed by atoms with Crippen molar-refractivity contribution in [1.82, 2.24) is 5.32 Å². The second-order valence-corrected chi connectivity index (χ2v) is 9.12. The van der Waals surface area contributed by atoms with Gasteiger partial charge in [-0.25, -0.2) is 17.6 Å². The molecule has 1 unspecified atom stereocenters. The molecule has 164 valence electrons. The number of sulfonamides is 1. The predicted octanol–water partition coefficient (Wildman–Crippen LogP) is 3.28. The molecule has 0 spiro atoms. The normalized spacial score (nSPS) is 17.4. The number of rotatable bonds is 6. The van der Waals surface area contributed by atoms with Crippen LogP contribution in [-0.2, 0) is 26.8 Å². The zero-order valence-corrected chi connectivity index (χ0v) is 17.5. The lowest BCUT2D eigenvalue weighted by Gasteiger charge is -2.27. The van der Waals surface area contributed by atoms with Crippen LogP contribution in [0.5, 0.6) is 0 Å². The standard InChI is InChI=1S/C23H19FN2O5S/c24-19-10-3-4-11-20(19)26-32(30,31)17-8-5-7-16(14-17)21(27)25-23(22(28)29)13-12-15-6-1-2-9-18(15)23/h1-11,14,26H,12-13H2,(H,25,27)(H,28,29). The Hall–Kier alpha value is -3.72. The molecule has 0 aliphatic heterocycles. The summed E-state index contributed by atoms with van der Waals surface area (Å²) in [5.41, 5.74) is -0.527. The van der Waals surface area contributed by atoms with Crippen LogP contribution in [0.15, 0.2) is 77.7 Å². The number of nitrogens with one attached hydrogen (secondary N) is 2. The fourth-order valence-corrected chi connectivity index (χ4v) is 4.95. The van der Waals surface area contributed by atoms with E-state index in [0.29, 0.717) is 12.0 Å². The van der Waals surface area contributed by atoms with E-state index < -0.39 is 33.3 Å². The number of carboxylic acids is 1. The number of carboxylic acid groups (broad SMARTS) is 1. The van der Waals surface area contributed by atoms with E-state index in [9.17, 15) is 27.5 Å². The molecular weight excluding hydrogens is 435 g/mol. The Morgan fingerprint density at radius 3 is 2.44 bits per heavy atom. The molecule has 0 aromatic heterocycles. The van der Waals surface area contributed by atoms with Gasteiger partial charge in [0.05, 0.1) is 10.6 Å². The highest BCUT2D eigenvalue weighted by Gasteiger charge is 2.46. The Morgan fingerprint density at radius 1 is 0.969 bits per heavy atom. The summed E-state index contributed by atoms with van der Waals surface area (Å²) in [5.74, 6) is -2.67. The van der Waals surface area contributed by atoms with Gasteiger partial charge in [0.25, 0.3) is 15.9 Å². The number of aliphatic carboxylic acids is 1. The third-order valence-corrected chi connectivity index (χ3v) is 6.83. The summed E-state index contributed by atoms with van der Waals surface area (Å²) in [4.78, 5) is 24.9. The molecule has 0 saturated carbocycles. The van der Waals surface area contributed by atoms with Gasteiger partial charge in [0.15, 0.2) is 5.54 Å². The number of carbonyl (C=O) groups excluding carboxylic acids is 1. The first-order valence-electron chi connectivity index (χ1n) is 9.75. The van der Waals surface area contributed by atoms with Crippen LogP contribution in [0.3, 0.4) is 0 Å². The molecule has 0 heterocycles. The van der Waals surface area contributed by atoms with Gasteiger partial charge in [-0.2, -0.15) is 0 Å². The van der Waals surface area contributed by atoms with Crippen LogP contribution in [-0.4, -0.2) is 25.4 Å². The molecule has 0 bridgehead atoms. The molecule has 4 rings (SSSR count). The van der Waals surface area contributed by atoms with Gasteiger partial charge >= 0.3 is 5.97 Å². The highest BCUT2D eigenvalue weighted by molar-refractivity contribution is 7.92. The lowest BCUT2D eigenvalue weighted by atomic mass is 9.91. The summed E-state index contributed by atoms with van der Waals surface area (Å²) in [5, 5.41) is 12.5. The van der Waals surface area contributed by atoms with Crippen molar-refractivity contribution in [3.63, 3.8) is 0 Å². The van der Waals surface area contributed by atoms with Crippen molar-refractivity contribution in [2.24, 2.45) is 0 Å². The topological polar surface area (TPSA) is 113 Å². The molecule has 1 amide bonds. The van der Waals surface area contributed by atoms with Crippen molar-refractivity contribution < 1.29 is 27.5 Å². The van der Waals surface area contributed by atoms with Gasteiger partial charge in [-0.15, -0.1) is 0 Å². The minimum Gasteiger partial charge on any atom is -0.479 e. The first-order chi connectivity index (χ1) is 15.2. The van der Waals surface area contributed by atoms with E-state index in [4.69, 9.17) is 0 Å². The van der Waals surface area contributed by atoms with Gasteiger partial charge in [-0.05, 0) is 54.3 Å². The maximum atomic E-state index is 13.9. The van der Waals surface area contributed by atoms with E-state index in [1.165, 1.54) is 36.4 Å². The number of benzene rings is 3. The zero-order chi connectivity index (χ0) is 22.9. The smallest absolute Gasteiger partial charge is 0.334 e. The monoisotopic (exact) mass is 454 g/mol. The number of carbonyl (C=O) groups is 2. The largest absolute Gasteiger partial charge is 0.479 e. The highest BCUT2D eigenvalue weighted by Crippen LogP contribution is 2.37. The maximum Gasteiger partial charge on any atom is 0.334 e. The summed E-state index contributed by atoms with van der Waals surface area (Å²) in [6, 6.07) is 17.4. The van der Waals surface area contributed by atoms with E-state index in [2.05, 4.69) is 10.0 Å². The number of anilines is 1. The number of hydrogen-bond acceptors (Lipinski definition) is 4. The Morgan fingerprint density at radius 2 is 1.69 bits per heavy atom. The number of para-hydroxylation sites is 1. The van der Waals surface area contributed by atoms with Crippen LogP contribution in [0, 0.1) is 5.82 Å². The summed E-state index contributed by atoms with van der Waals surface area (Å²) >= 11 is 0. The quantitative estimate of drug-likeness (QED) is 0.529. The van der Waals surface area contributed by atoms with Crippen molar-refractivity contribution in [1.29, 1.82) is 0 Å². The Labute approximate surface area is 184 Å². The minimum atomic E-state index is -4.19. The lowest BCUT2D eigenvalue weighted by molar-refractivity contribution is -0.144. The third kappa shape index (κ3) is 3.82. The van der Waals surface area contributed by atoms with E-state index in [1.807, 2.05) is 6.07 Å². The molecule has 1 aliphatic carbocycles. The Kier molecular flexibility index (Phi) is 5.43.